The quantitative estimate of drug-likeness (QED) is 0.283. The molecule has 214 valence electrons. The van der Waals surface area contributed by atoms with E-state index >= 15 is 0 Å². The molecule has 0 bridgehead atoms. The van der Waals surface area contributed by atoms with E-state index in [1.54, 1.807) is 18.8 Å². The summed E-state index contributed by atoms with van der Waals surface area (Å²) in [5, 5.41) is 0. The van der Waals surface area contributed by atoms with E-state index in [2.05, 4.69) is 157 Å². The summed E-state index contributed by atoms with van der Waals surface area (Å²) in [6, 6.07) is 36.8. The second kappa shape index (κ2) is 12.6. The first-order valence-corrected chi connectivity index (χ1v) is 17.1. The predicted octanol–water partition coefficient (Wildman–Crippen LogP) is 4.09. The Morgan fingerprint density at radius 3 is 1.45 bits per heavy atom. The molecule has 0 fully saturated rings. The van der Waals surface area contributed by atoms with Gasteiger partial charge in [-0.2, -0.15) is 0 Å². The summed E-state index contributed by atoms with van der Waals surface area (Å²) in [4.78, 5) is 0. The summed E-state index contributed by atoms with van der Waals surface area (Å²) in [7, 11) is 0. The average molecular weight is 628 g/mol. The van der Waals surface area contributed by atoms with E-state index in [0.717, 1.165) is 6.42 Å². The van der Waals surface area contributed by atoms with Crippen molar-refractivity contribution >= 4 is 3.81 Å². The Kier molecular flexibility index (Phi) is 9.76. The van der Waals surface area contributed by atoms with Crippen molar-refractivity contribution in [2.24, 2.45) is 0 Å². The summed E-state index contributed by atoms with van der Waals surface area (Å²) in [5.74, 6) is 0. The molecule has 2 aliphatic carbocycles. The molecule has 6 rings (SSSR count). The normalized spacial score (nSPS) is 13.7. The Balaban J connectivity index is 0.00000202. The number of hydrogen-bond donors (Lipinski definition) is 0. The Bertz CT molecular complexity index is 1570. The zero-order chi connectivity index (χ0) is 28.1. The van der Waals surface area contributed by atoms with Gasteiger partial charge in [-0.1, -0.05) is 0 Å². The number of rotatable bonds is 6. The molecule has 0 saturated carbocycles. The standard InChI is InChI=1S/C31H29.C5H5.C3H6.2ClH.Ti/c1-30(2,24-11-7-5-8-12-24)26-15-17-28-22(20-26)19-23-21-27(16-18-29(23)28)31(3,4)25-13-9-6-10-14-25;1-2-4-5-3-1;1-3-2;;;/h5-21H,1-4H3;1-3H,4H2;1-2H3;2*1H;/q;;;;;+2/p-2. The first-order chi connectivity index (χ1) is 19.2. The molecular formula is C39H40Cl2Ti. The van der Waals surface area contributed by atoms with Gasteiger partial charge < -0.3 is 24.8 Å². The first-order valence-electron chi connectivity index (χ1n) is 14.6. The molecule has 4 aromatic carbocycles. The number of allylic oxidation sites excluding steroid dienone is 4. The summed E-state index contributed by atoms with van der Waals surface area (Å²) in [5.41, 5.74) is 11.4. The van der Waals surface area contributed by atoms with Crippen molar-refractivity contribution in [1.29, 1.82) is 0 Å². The molecule has 3 heteroatoms. The van der Waals surface area contributed by atoms with E-state index in [1.807, 2.05) is 0 Å². The van der Waals surface area contributed by atoms with Crippen LogP contribution in [-0.2, 0) is 28.2 Å². The van der Waals surface area contributed by atoms with Gasteiger partial charge in [0.2, 0.25) is 0 Å². The van der Waals surface area contributed by atoms with Crippen molar-refractivity contribution < 1.29 is 42.2 Å². The Morgan fingerprint density at radius 2 is 1.07 bits per heavy atom. The van der Waals surface area contributed by atoms with E-state index in [1.165, 1.54) is 33.4 Å². The monoisotopic (exact) mass is 626 g/mol. The van der Waals surface area contributed by atoms with Crippen LogP contribution in [0.1, 0.15) is 85.6 Å². The van der Waals surface area contributed by atoms with E-state index in [9.17, 15) is 0 Å². The molecule has 0 unspecified atom stereocenters. The Labute approximate surface area is 271 Å². The van der Waals surface area contributed by atoms with Crippen molar-refractivity contribution in [3.63, 3.8) is 0 Å². The Morgan fingerprint density at radius 1 is 0.619 bits per heavy atom. The van der Waals surface area contributed by atoms with Crippen LogP contribution in [0.5, 0.6) is 0 Å². The number of fused-ring (bicyclic) bond motifs is 3. The topological polar surface area (TPSA) is 0 Å². The maximum absolute atomic E-state index is 2.58. The summed E-state index contributed by atoms with van der Waals surface area (Å²) >= 11 is -1.84. The minimum Gasteiger partial charge on any atom is -1.00 e. The van der Waals surface area contributed by atoms with Crippen LogP contribution >= 0.6 is 0 Å². The maximum Gasteiger partial charge on any atom is -1.00 e. The fraction of sp³-hybridized carbons (Fsp3) is 0.256. The van der Waals surface area contributed by atoms with Crippen LogP contribution in [0.25, 0.3) is 11.1 Å². The van der Waals surface area contributed by atoms with Crippen LogP contribution in [-0.4, -0.2) is 3.81 Å². The molecule has 0 saturated heterocycles. The zero-order valence-electron chi connectivity index (χ0n) is 25.5. The van der Waals surface area contributed by atoms with Crippen molar-refractivity contribution in [2.45, 2.75) is 63.0 Å². The molecule has 0 nitrogen and oxygen atoms in total. The molecule has 0 aromatic heterocycles. The summed E-state index contributed by atoms with van der Waals surface area (Å²) in [6.07, 6.45) is 8.19. The van der Waals surface area contributed by atoms with E-state index in [4.69, 9.17) is 0 Å². The van der Waals surface area contributed by atoms with Crippen LogP contribution in [0, 0.1) is 0 Å². The van der Waals surface area contributed by atoms with E-state index < -0.39 is 17.4 Å². The van der Waals surface area contributed by atoms with Gasteiger partial charge in [0.25, 0.3) is 0 Å². The molecule has 0 N–H and O–H groups in total. The van der Waals surface area contributed by atoms with Crippen molar-refractivity contribution in [2.75, 3.05) is 0 Å². The minimum atomic E-state index is -1.84. The SMILES string of the molecule is C[C](C)=[Ti+2]([C]1=CC=CC1)[CH]1c2cc(C(C)(C)c3ccccc3)ccc2-c2ccc(C(C)(C)c3ccccc3)cc21.[Cl-].[Cl-]. The van der Waals surface area contributed by atoms with Crippen LogP contribution < -0.4 is 24.8 Å². The van der Waals surface area contributed by atoms with Crippen molar-refractivity contribution in [1.82, 2.24) is 0 Å². The third-order valence-corrected chi connectivity index (χ3v) is 14.6. The van der Waals surface area contributed by atoms with Gasteiger partial charge in [0.05, 0.1) is 0 Å². The fourth-order valence-electron chi connectivity index (χ4n) is 6.83. The third kappa shape index (κ3) is 5.60. The van der Waals surface area contributed by atoms with Gasteiger partial charge in [0.15, 0.2) is 0 Å². The second-order valence-corrected chi connectivity index (χ2v) is 17.5. The minimum absolute atomic E-state index is 0. The van der Waals surface area contributed by atoms with E-state index in [0.29, 0.717) is 4.22 Å². The van der Waals surface area contributed by atoms with Crippen LogP contribution in [0.15, 0.2) is 119 Å². The van der Waals surface area contributed by atoms with Gasteiger partial charge in [-0.3, -0.25) is 0 Å². The van der Waals surface area contributed by atoms with Crippen LogP contribution in [0.3, 0.4) is 0 Å². The molecular weight excluding hydrogens is 587 g/mol. The van der Waals surface area contributed by atoms with Gasteiger partial charge in [0.1, 0.15) is 0 Å². The summed E-state index contributed by atoms with van der Waals surface area (Å²) in [6.45, 7) is 14.3. The molecule has 2 aliphatic rings. The van der Waals surface area contributed by atoms with Crippen molar-refractivity contribution in [3.8, 4) is 11.1 Å². The predicted molar refractivity (Wildman–Crippen MR) is 169 cm³/mol. The van der Waals surface area contributed by atoms with Crippen molar-refractivity contribution in [3.05, 3.63) is 153 Å². The molecule has 42 heavy (non-hydrogen) atoms. The number of halogens is 2. The number of benzene rings is 4. The first kappa shape index (κ1) is 32.4. The van der Waals surface area contributed by atoms with E-state index in [-0.39, 0.29) is 35.6 Å². The average Bonchev–Trinajstić information content (AvgIpc) is 3.61. The molecule has 0 spiro atoms. The second-order valence-electron chi connectivity index (χ2n) is 12.8. The maximum atomic E-state index is 2.58. The van der Waals surface area contributed by atoms with Gasteiger partial charge in [-0.25, -0.2) is 0 Å². The molecule has 0 atom stereocenters. The summed E-state index contributed by atoms with van der Waals surface area (Å²) < 4.78 is 3.82. The largest absolute Gasteiger partial charge is 1.00 e. The molecule has 0 aliphatic heterocycles. The van der Waals surface area contributed by atoms with Crippen LogP contribution in [0.2, 0.25) is 0 Å². The van der Waals surface area contributed by atoms with Crippen LogP contribution in [0.4, 0.5) is 0 Å². The molecule has 0 amide bonds. The van der Waals surface area contributed by atoms with Gasteiger partial charge >= 0.3 is 248 Å². The smallest absolute Gasteiger partial charge is 1.00 e. The third-order valence-electron chi connectivity index (χ3n) is 9.39. The molecule has 0 heterocycles. The Hall–Kier alpha value is -2.48. The van der Waals surface area contributed by atoms with Gasteiger partial charge in [-0.15, -0.1) is 0 Å². The van der Waals surface area contributed by atoms with Gasteiger partial charge in [0, 0.05) is 0 Å². The molecule has 0 radical (unpaired) electrons. The zero-order valence-corrected chi connectivity index (χ0v) is 28.6. The van der Waals surface area contributed by atoms with Gasteiger partial charge in [-0.05, 0) is 0 Å². The molecule has 4 aromatic rings. The fourth-order valence-corrected chi connectivity index (χ4v) is 12.0. The number of hydrogen-bond acceptors (Lipinski definition) is 0.